The summed E-state index contributed by atoms with van der Waals surface area (Å²) in [6.07, 6.45) is 37.0. The van der Waals surface area contributed by atoms with Crippen LogP contribution in [0.3, 0.4) is 0 Å². The molecular formula is C42H70O7S. The SMILES string of the molecule is C=CCCCCCCCCCCCCCCCOC(=O)c1cccc(S(=O)(=O)O)c1C(=O)OCCCCCCCCCCCCCCCC=C. The van der Waals surface area contributed by atoms with Crippen LogP contribution in [0.4, 0.5) is 0 Å². The van der Waals surface area contributed by atoms with Gasteiger partial charge in [-0.2, -0.15) is 8.42 Å². The van der Waals surface area contributed by atoms with Crippen LogP contribution < -0.4 is 0 Å². The minimum Gasteiger partial charge on any atom is -0.462 e. The largest absolute Gasteiger partial charge is 0.462 e. The first-order chi connectivity index (χ1) is 24.3. The number of benzene rings is 1. The van der Waals surface area contributed by atoms with E-state index in [1.807, 2.05) is 12.2 Å². The van der Waals surface area contributed by atoms with Gasteiger partial charge >= 0.3 is 11.9 Å². The number of esters is 2. The van der Waals surface area contributed by atoms with Gasteiger partial charge in [-0.05, 0) is 50.7 Å². The maximum absolute atomic E-state index is 13.0. The molecule has 0 radical (unpaired) electrons. The predicted molar refractivity (Wildman–Crippen MR) is 206 cm³/mol. The van der Waals surface area contributed by atoms with Crippen LogP contribution in [0.25, 0.3) is 0 Å². The van der Waals surface area contributed by atoms with E-state index >= 15 is 0 Å². The Kier molecular flexibility index (Phi) is 28.5. The Bertz CT molecular complexity index is 1140. The Hall–Kier alpha value is -2.45. The first kappa shape index (κ1) is 45.6. The monoisotopic (exact) mass is 718 g/mol. The van der Waals surface area contributed by atoms with Gasteiger partial charge in [-0.15, -0.1) is 13.2 Å². The quantitative estimate of drug-likeness (QED) is 0.0322. The van der Waals surface area contributed by atoms with Gasteiger partial charge in [0.1, 0.15) is 4.90 Å². The number of unbranched alkanes of at least 4 members (excludes halogenated alkanes) is 26. The number of carbonyl (C=O) groups excluding carboxylic acids is 2. The summed E-state index contributed by atoms with van der Waals surface area (Å²) in [5, 5.41) is 0. The fraction of sp³-hybridized carbons (Fsp3) is 0.714. The van der Waals surface area contributed by atoms with Crippen LogP contribution in [0, 0.1) is 0 Å². The van der Waals surface area contributed by atoms with Gasteiger partial charge in [0.15, 0.2) is 0 Å². The number of carbonyl (C=O) groups is 2. The van der Waals surface area contributed by atoms with Gasteiger partial charge in [0.2, 0.25) is 0 Å². The van der Waals surface area contributed by atoms with Crippen molar-refractivity contribution in [2.75, 3.05) is 13.2 Å². The molecule has 0 spiro atoms. The summed E-state index contributed by atoms with van der Waals surface area (Å²) in [6, 6.07) is 3.74. The molecule has 0 unspecified atom stereocenters. The number of allylic oxidation sites excluding steroid dienone is 2. The van der Waals surface area contributed by atoms with Crippen LogP contribution in [-0.4, -0.2) is 38.1 Å². The van der Waals surface area contributed by atoms with Crippen molar-refractivity contribution in [3.8, 4) is 0 Å². The molecule has 0 aliphatic rings. The molecular weight excluding hydrogens is 649 g/mol. The Labute approximate surface area is 305 Å². The molecule has 0 saturated heterocycles. The molecule has 1 rings (SSSR count). The smallest absolute Gasteiger partial charge is 0.340 e. The van der Waals surface area contributed by atoms with Crippen molar-refractivity contribution in [2.24, 2.45) is 0 Å². The van der Waals surface area contributed by atoms with Crippen LogP contribution in [0.15, 0.2) is 48.4 Å². The molecule has 0 aliphatic carbocycles. The normalized spacial score (nSPS) is 11.4. The second kappa shape index (κ2) is 31.3. The molecule has 0 saturated carbocycles. The van der Waals surface area contributed by atoms with Crippen molar-refractivity contribution in [1.82, 2.24) is 0 Å². The molecule has 1 aromatic carbocycles. The lowest BCUT2D eigenvalue weighted by atomic mass is 10.0. The van der Waals surface area contributed by atoms with Crippen LogP contribution in [0.1, 0.15) is 200 Å². The second-order valence-electron chi connectivity index (χ2n) is 13.8. The highest BCUT2D eigenvalue weighted by molar-refractivity contribution is 7.86. The highest BCUT2D eigenvalue weighted by Crippen LogP contribution is 2.23. The van der Waals surface area contributed by atoms with E-state index in [0.29, 0.717) is 12.8 Å². The molecule has 0 aromatic heterocycles. The van der Waals surface area contributed by atoms with Crippen molar-refractivity contribution in [2.45, 2.75) is 185 Å². The van der Waals surface area contributed by atoms with E-state index in [1.165, 1.54) is 128 Å². The van der Waals surface area contributed by atoms with Gasteiger partial charge in [0.25, 0.3) is 10.1 Å². The van der Waals surface area contributed by atoms with E-state index in [2.05, 4.69) is 13.2 Å². The van der Waals surface area contributed by atoms with Crippen molar-refractivity contribution in [3.05, 3.63) is 54.6 Å². The molecule has 1 N–H and O–H groups in total. The maximum atomic E-state index is 13.0. The van der Waals surface area contributed by atoms with E-state index in [1.54, 1.807) is 0 Å². The highest BCUT2D eigenvalue weighted by atomic mass is 32.2. The topological polar surface area (TPSA) is 107 Å². The summed E-state index contributed by atoms with van der Waals surface area (Å²) in [7, 11) is -4.76. The number of ether oxygens (including phenoxy) is 2. The number of rotatable bonds is 35. The van der Waals surface area contributed by atoms with E-state index < -0.39 is 32.5 Å². The summed E-state index contributed by atoms with van der Waals surface area (Å²) >= 11 is 0. The third-order valence-electron chi connectivity index (χ3n) is 9.30. The van der Waals surface area contributed by atoms with Gasteiger partial charge in [-0.3, -0.25) is 4.55 Å². The minimum absolute atomic E-state index is 0.107. The number of hydrogen-bond donors (Lipinski definition) is 1. The third-order valence-corrected chi connectivity index (χ3v) is 10.2. The molecule has 50 heavy (non-hydrogen) atoms. The van der Waals surface area contributed by atoms with E-state index in [0.717, 1.165) is 57.4 Å². The Morgan fingerprint density at radius 1 is 0.520 bits per heavy atom. The number of hydrogen-bond acceptors (Lipinski definition) is 6. The zero-order valence-corrected chi connectivity index (χ0v) is 32.1. The molecule has 7 nitrogen and oxygen atoms in total. The minimum atomic E-state index is -4.76. The Morgan fingerprint density at radius 2 is 0.840 bits per heavy atom. The fourth-order valence-electron chi connectivity index (χ4n) is 6.28. The van der Waals surface area contributed by atoms with Crippen LogP contribution in [0.2, 0.25) is 0 Å². The van der Waals surface area contributed by atoms with Gasteiger partial charge < -0.3 is 9.47 Å². The van der Waals surface area contributed by atoms with Crippen LogP contribution in [-0.2, 0) is 19.6 Å². The average molecular weight is 719 g/mol. The summed E-state index contributed by atoms with van der Waals surface area (Å²) in [5.41, 5.74) is -0.681. The molecule has 8 heteroatoms. The molecule has 0 atom stereocenters. The second-order valence-corrected chi connectivity index (χ2v) is 15.2. The molecule has 1 aromatic rings. The average Bonchev–Trinajstić information content (AvgIpc) is 3.10. The fourth-order valence-corrected chi connectivity index (χ4v) is 6.98. The molecule has 286 valence electrons. The molecule has 0 heterocycles. The molecule has 0 fully saturated rings. The first-order valence-electron chi connectivity index (χ1n) is 20.0. The first-order valence-corrected chi connectivity index (χ1v) is 21.4. The van der Waals surface area contributed by atoms with E-state index in [-0.39, 0.29) is 18.8 Å². The van der Waals surface area contributed by atoms with Gasteiger partial charge in [-0.25, -0.2) is 9.59 Å². The lowest BCUT2D eigenvalue weighted by Crippen LogP contribution is -2.19. The maximum Gasteiger partial charge on any atom is 0.340 e. The standard InChI is InChI=1S/C42H70O7S/c1-3-5-7-9-11-13-15-17-19-21-23-25-27-29-31-36-48-41(43)38-34-33-35-39(50(45,46)47)40(38)42(44)49-37-32-30-28-26-24-22-20-18-16-14-12-10-8-6-4-2/h3-4,33-35H,1-2,5-32,36-37H2,(H,45,46,47). The van der Waals surface area contributed by atoms with Gasteiger partial charge in [0.05, 0.1) is 24.3 Å². The van der Waals surface area contributed by atoms with E-state index in [9.17, 15) is 22.6 Å². The summed E-state index contributed by atoms with van der Waals surface area (Å²) in [4.78, 5) is 25.3. The van der Waals surface area contributed by atoms with Gasteiger partial charge in [-0.1, -0.05) is 159 Å². The highest BCUT2D eigenvalue weighted by Gasteiger charge is 2.28. The lowest BCUT2D eigenvalue weighted by Gasteiger charge is -2.13. The van der Waals surface area contributed by atoms with E-state index in [4.69, 9.17) is 9.47 Å². The zero-order valence-electron chi connectivity index (χ0n) is 31.3. The molecule has 0 aliphatic heterocycles. The summed E-state index contributed by atoms with van der Waals surface area (Å²) < 4.78 is 44.7. The zero-order chi connectivity index (χ0) is 36.5. The third kappa shape index (κ3) is 23.9. The summed E-state index contributed by atoms with van der Waals surface area (Å²) in [5.74, 6) is -1.75. The summed E-state index contributed by atoms with van der Waals surface area (Å²) in [6.45, 7) is 7.82. The van der Waals surface area contributed by atoms with Crippen molar-refractivity contribution in [1.29, 1.82) is 0 Å². The van der Waals surface area contributed by atoms with Crippen LogP contribution >= 0.6 is 0 Å². The van der Waals surface area contributed by atoms with Crippen molar-refractivity contribution < 1.29 is 32.0 Å². The lowest BCUT2D eigenvalue weighted by molar-refractivity contribution is 0.0446. The van der Waals surface area contributed by atoms with Gasteiger partial charge in [0, 0.05) is 0 Å². The predicted octanol–water partition coefficient (Wildman–Crippen LogP) is 12.5. The Balaban J connectivity index is 2.27. The van der Waals surface area contributed by atoms with Crippen molar-refractivity contribution >= 4 is 22.1 Å². The van der Waals surface area contributed by atoms with Crippen molar-refractivity contribution in [3.63, 3.8) is 0 Å². The van der Waals surface area contributed by atoms with Crippen LogP contribution in [0.5, 0.6) is 0 Å². The Morgan fingerprint density at radius 3 is 1.18 bits per heavy atom. The molecule has 0 bridgehead atoms. The molecule has 0 amide bonds.